The van der Waals surface area contributed by atoms with Crippen molar-refractivity contribution in [2.24, 2.45) is 0 Å². The maximum atomic E-state index is 2.59. The third-order valence-electron chi connectivity index (χ3n) is 16.4. The molecule has 0 aliphatic heterocycles. The van der Waals surface area contributed by atoms with Crippen LogP contribution in [0.4, 0.5) is 17.1 Å². The Morgan fingerprint density at radius 3 is 1.64 bits per heavy atom. The van der Waals surface area contributed by atoms with Crippen LogP contribution in [0.1, 0.15) is 47.2 Å². The Bertz CT molecular complexity index is 4180. The highest BCUT2D eigenvalue weighted by Crippen LogP contribution is 2.66. The second kappa shape index (κ2) is 15.3. The molecular formula is C70H48N2. The van der Waals surface area contributed by atoms with Crippen molar-refractivity contribution >= 4 is 38.9 Å². The van der Waals surface area contributed by atoms with Crippen molar-refractivity contribution in [2.75, 3.05) is 4.90 Å². The smallest absolute Gasteiger partial charge is 0.0746 e. The lowest BCUT2D eigenvalue weighted by atomic mass is 9.69. The first-order chi connectivity index (χ1) is 35.5. The van der Waals surface area contributed by atoms with Gasteiger partial charge in [-0.05, 0) is 144 Å². The Labute approximate surface area is 420 Å². The van der Waals surface area contributed by atoms with Gasteiger partial charge in [-0.2, -0.15) is 0 Å². The van der Waals surface area contributed by atoms with Crippen LogP contribution in [0.5, 0.6) is 0 Å². The van der Waals surface area contributed by atoms with Crippen LogP contribution in [0.15, 0.2) is 255 Å². The maximum absolute atomic E-state index is 2.59. The van der Waals surface area contributed by atoms with Crippen molar-refractivity contribution in [1.82, 2.24) is 4.57 Å². The fourth-order valence-corrected chi connectivity index (χ4v) is 13.3. The predicted molar refractivity (Wildman–Crippen MR) is 300 cm³/mol. The van der Waals surface area contributed by atoms with Crippen molar-refractivity contribution in [3.63, 3.8) is 0 Å². The molecule has 3 aliphatic carbocycles. The molecule has 1 aromatic heterocycles. The van der Waals surface area contributed by atoms with E-state index in [0.29, 0.717) is 0 Å². The molecular weight excluding hydrogens is 869 g/mol. The summed E-state index contributed by atoms with van der Waals surface area (Å²) >= 11 is 0. The number of anilines is 3. The van der Waals surface area contributed by atoms with E-state index in [2.05, 4.69) is 278 Å². The Morgan fingerprint density at radius 1 is 0.319 bits per heavy atom. The molecule has 0 bridgehead atoms. The molecule has 1 spiro atoms. The predicted octanol–water partition coefficient (Wildman–Crippen LogP) is 18.2. The van der Waals surface area contributed by atoms with E-state index in [-0.39, 0.29) is 5.41 Å². The van der Waals surface area contributed by atoms with E-state index in [0.717, 1.165) is 22.6 Å². The molecule has 72 heavy (non-hydrogen) atoms. The number of fused-ring (bicyclic) bond motifs is 16. The summed E-state index contributed by atoms with van der Waals surface area (Å²) in [7, 11) is 0. The molecule has 0 amide bonds. The summed E-state index contributed by atoms with van der Waals surface area (Å²) < 4.78 is 2.59. The Kier molecular flexibility index (Phi) is 8.66. The molecule has 338 valence electrons. The average molecular weight is 917 g/mol. The lowest BCUT2D eigenvalue weighted by Gasteiger charge is -2.33. The SMILES string of the molecule is CC1(C)c2ccccc2-c2ccc(N(c3ccccc3)c3ccc4c5ccccc5n(-c5cccc6c5C5(c7ccccc7-6)c6ccccc6-c6c(-c7ccccc7)cc(-c7ccccc7)cc65)c4c3)cc21. The zero-order valence-electron chi connectivity index (χ0n) is 40.1. The second-order valence-electron chi connectivity index (χ2n) is 20.3. The summed E-state index contributed by atoms with van der Waals surface area (Å²) in [6.07, 6.45) is 0. The van der Waals surface area contributed by atoms with Gasteiger partial charge in [-0.3, -0.25) is 0 Å². The van der Waals surface area contributed by atoms with Gasteiger partial charge in [0, 0.05) is 38.8 Å². The summed E-state index contributed by atoms with van der Waals surface area (Å²) in [5.74, 6) is 0. The minimum atomic E-state index is -0.636. The number of hydrogen-bond donors (Lipinski definition) is 0. The number of benzene rings is 11. The fourth-order valence-electron chi connectivity index (χ4n) is 13.3. The van der Waals surface area contributed by atoms with Crippen LogP contribution in [-0.4, -0.2) is 4.57 Å². The third-order valence-corrected chi connectivity index (χ3v) is 16.4. The van der Waals surface area contributed by atoms with Gasteiger partial charge in [0.2, 0.25) is 0 Å². The van der Waals surface area contributed by atoms with Gasteiger partial charge in [0.05, 0.1) is 22.1 Å². The van der Waals surface area contributed by atoms with Crippen molar-refractivity contribution in [2.45, 2.75) is 24.7 Å². The summed E-state index contributed by atoms with van der Waals surface area (Å²) in [4.78, 5) is 2.45. The number of rotatable bonds is 6. The first-order valence-corrected chi connectivity index (χ1v) is 25.3. The zero-order chi connectivity index (χ0) is 47.7. The van der Waals surface area contributed by atoms with Crippen molar-refractivity contribution in [3.8, 4) is 61.3 Å². The van der Waals surface area contributed by atoms with Crippen LogP contribution >= 0.6 is 0 Å². The molecule has 0 saturated heterocycles. The van der Waals surface area contributed by atoms with E-state index < -0.39 is 5.41 Å². The summed E-state index contributed by atoms with van der Waals surface area (Å²) in [6.45, 7) is 4.74. The molecule has 3 aliphatic rings. The third kappa shape index (κ3) is 5.55. The summed E-state index contributed by atoms with van der Waals surface area (Å²) in [6, 6.07) is 95.5. The minimum Gasteiger partial charge on any atom is -0.310 e. The maximum Gasteiger partial charge on any atom is 0.0746 e. The van der Waals surface area contributed by atoms with Crippen LogP contribution < -0.4 is 4.90 Å². The highest BCUT2D eigenvalue weighted by Gasteiger charge is 2.54. The van der Waals surface area contributed by atoms with E-state index >= 15 is 0 Å². The van der Waals surface area contributed by atoms with Crippen LogP contribution in [0, 0.1) is 0 Å². The van der Waals surface area contributed by atoms with E-state index in [1.54, 1.807) is 0 Å². The van der Waals surface area contributed by atoms with Crippen molar-refractivity contribution < 1.29 is 0 Å². The number of para-hydroxylation sites is 2. The van der Waals surface area contributed by atoms with Crippen LogP contribution in [0.25, 0.3) is 83.1 Å². The van der Waals surface area contributed by atoms with Crippen LogP contribution in [-0.2, 0) is 10.8 Å². The molecule has 2 nitrogen and oxygen atoms in total. The molecule has 1 unspecified atom stereocenters. The Hall–Kier alpha value is -8.98. The molecule has 12 aromatic rings. The quantitative estimate of drug-likeness (QED) is 0.161. The normalized spacial score (nSPS) is 15.2. The lowest BCUT2D eigenvalue weighted by Crippen LogP contribution is -2.27. The molecule has 11 aromatic carbocycles. The molecule has 1 atom stereocenters. The molecule has 0 radical (unpaired) electrons. The van der Waals surface area contributed by atoms with Gasteiger partial charge in [-0.25, -0.2) is 0 Å². The molecule has 15 rings (SSSR count). The molecule has 0 fully saturated rings. The van der Waals surface area contributed by atoms with Crippen molar-refractivity contribution in [1.29, 1.82) is 0 Å². The first kappa shape index (κ1) is 40.9. The average Bonchev–Trinajstić information content (AvgIpc) is 4.12. The fraction of sp³-hybridized carbons (Fsp3) is 0.0571. The summed E-state index contributed by atoms with van der Waals surface area (Å²) in [5.41, 5.74) is 26.8. The van der Waals surface area contributed by atoms with E-state index in [4.69, 9.17) is 0 Å². The highest BCUT2D eigenvalue weighted by molar-refractivity contribution is 6.11. The molecule has 0 saturated carbocycles. The van der Waals surface area contributed by atoms with Gasteiger partial charge in [-0.15, -0.1) is 0 Å². The van der Waals surface area contributed by atoms with E-state index in [9.17, 15) is 0 Å². The second-order valence-corrected chi connectivity index (χ2v) is 20.3. The molecule has 1 heterocycles. The number of aromatic nitrogens is 1. The number of nitrogens with zero attached hydrogens (tertiary/aromatic N) is 2. The van der Waals surface area contributed by atoms with Gasteiger partial charge in [0.25, 0.3) is 0 Å². The first-order valence-electron chi connectivity index (χ1n) is 25.3. The minimum absolute atomic E-state index is 0.136. The number of hydrogen-bond acceptors (Lipinski definition) is 1. The van der Waals surface area contributed by atoms with Gasteiger partial charge in [0.1, 0.15) is 0 Å². The van der Waals surface area contributed by atoms with Crippen molar-refractivity contribution in [3.05, 3.63) is 288 Å². The van der Waals surface area contributed by atoms with Crippen LogP contribution in [0.2, 0.25) is 0 Å². The molecule has 0 N–H and O–H groups in total. The van der Waals surface area contributed by atoms with Crippen LogP contribution in [0.3, 0.4) is 0 Å². The topological polar surface area (TPSA) is 8.17 Å². The standard InChI is InChI=1S/C70H48N2/c1-69(2)59-32-16-12-27-51(59)53-39-37-49(43-62(53)69)71(48-25-10-5-11-26-48)50-38-40-55-54-29-15-19-35-64(54)72(66(55)44-50)65-36-20-31-56-52-28-13-17-33-60(52)70(68(56)65)61-34-18-14-30-57(61)67-58(46-23-8-4-9-24-46)41-47(42-63(67)70)45-21-6-3-7-22-45/h3-44H,1-2H3. The highest BCUT2D eigenvalue weighted by atomic mass is 15.1. The van der Waals surface area contributed by atoms with Gasteiger partial charge in [0.15, 0.2) is 0 Å². The lowest BCUT2D eigenvalue weighted by molar-refractivity contribution is 0.660. The van der Waals surface area contributed by atoms with Gasteiger partial charge < -0.3 is 9.47 Å². The summed E-state index contributed by atoms with van der Waals surface area (Å²) in [5, 5.41) is 2.45. The van der Waals surface area contributed by atoms with Gasteiger partial charge in [-0.1, -0.05) is 208 Å². The molecule has 2 heteroatoms. The Morgan fingerprint density at radius 2 is 0.875 bits per heavy atom. The Balaban J connectivity index is 1.02. The van der Waals surface area contributed by atoms with E-state index in [1.807, 2.05) is 0 Å². The zero-order valence-corrected chi connectivity index (χ0v) is 40.1. The largest absolute Gasteiger partial charge is 0.310 e. The van der Waals surface area contributed by atoms with E-state index in [1.165, 1.54) is 111 Å². The monoisotopic (exact) mass is 916 g/mol. The van der Waals surface area contributed by atoms with Gasteiger partial charge >= 0.3 is 0 Å².